The SMILES string of the molecule is Cc1ccc(COC(=O)N2CCN(c3nc(C(=O)Nc4ccc5[nH]nnc5c4)cs3)CC2)cc1. The molecule has 2 aromatic carbocycles. The number of hydrogen-bond acceptors (Lipinski definition) is 8. The lowest BCUT2D eigenvalue weighted by molar-refractivity contribution is 0.0941. The molecule has 0 radical (unpaired) electrons. The van der Waals surface area contributed by atoms with Gasteiger partial charge in [-0.1, -0.05) is 35.0 Å². The summed E-state index contributed by atoms with van der Waals surface area (Å²) in [5.74, 6) is -0.288. The molecule has 3 heterocycles. The fraction of sp³-hybridized carbons (Fsp3) is 0.261. The molecule has 11 heteroatoms. The number of rotatable bonds is 5. The second-order valence-electron chi connectivity index (χ2n) is 8.03. The van der Waals surface area contributed by atoms with Crippen LogP contribution in [0, 0.1) is 6.92 Å². The zero-order valence-electron chi connectivity index (χ0n) is 18.5. The Hall–Kier alpha value is -3.99. The Labute approximate surface area is 199 Å². The molecule has 5 rings (SSSR count). The molecule has 34 heavy (non-hydrogen) atoms. The number of aromatic amines is 1. The van der Waals surface area contributed by atoms with Gasteiger partial charge in [0, 0.05) is 37.2 Å². The highest BCUT2D eigenvalue weighted by atomic mass is 32.1. The quantitative estimate of drug-likeness (QED) is 0.452. The lowest BCUT2D eigenvalue weighted by Crippen LogP contribution is -2.48. The van der Waals surface area contributed by atoms with Crippen LogP contribution < -0.4 is 10.2 Å². The minimum atomic E-state index is -0.316. The molecule has 0 unspecified atom stereocenters. The molecule has 1 aliphatic rings. The van der Waals surface area contributed by atoms with Crippen LogP contribution in [0.4, 0.5) is 15.6 Å². The molecule has 0 aliphatic carbocycles. The van der Waals surface area contributed by atoms with E-state index in [2.05, 4.69) is 30.6 Å². The first kappa shape index (κ1) is 21.8. The predicted molar refractivity (Wildman–Crippen MR) is 129 cm³/mol. The number of nitrogens with one attached hydrogen (secondary N) is 2. The molecule has 2 N–H and O–H groups in total. The largest absolute Gasteiger partial charge is 0.445 e. The van der Waals surface area contributed by atoms with Gasteiger partial charge in [0.1, 0.15) is 17.8 Å². The second-order valence-corrected chi connectivity index (χ2v) is 8.86. The number of hydrogen-bond donors (Lipinski definition) is 2. The number of carbonyl (C=O) groups is 2. The maximum atomic E-state index is 12.6. The Balaban J connectivity index is 1.12. The number of H-pyrrole nitrogens is 1. The zero-order valence-corrected chi connectivity index (χ0v) is 19.3. The topological polar surface area (TPSA) is 116 Å². The highest BCUT2D eigenvalue weighted by Crippen LogP contribution is 2.23. The number of aromatic nitrogens is 4. The molecule has 174 valence electrons. The molecule has 1 saturated heterocycles. The molecule has 0 spiro atoms. The summed E-state index contributed by atoms with van der Waals surface area (Å²) in [6.45, 7) is 4.59. The molecule has 10 nitrogen and oxygen atoms in total. The van der Waals surface area contributed by atoms with Gasteiger partial charge in [-0.3, -0.25) is 9.89 Å². The average molecular weight is 478 g/mol. The van der Waals surface area contributed by atoms with Crippen LogP contribution in [0.5, 0.6) is 0 Å². The fourth-order valence-corrected chi connectivity index (χ4v) is 4.49. The number of thiazole rings is 1. The van der Waals surface area contributed by atoms with Crippen molar-refractivity contribution in [2.45, 2.75) is 13.5 Å². The second kappa shape index (κ2) is 9.48. The standard InChI is InChI=1S/C23H23N7O3S/c1-15-2-4-16(5-3-15)13-33-23(32)30-10-8-29(9-11-30)22-25-20(14-34-22)21(31)24-17-6-7-18-19(12-17)27-28-26-18/h2-7,12,14H,8-11,13H2,1H3,(H,24,31)(H,26,27,28). The smallest absolute Gasteiger partial charge is 0.410 e. The van der Waals surface area contributed by atoms with Crippen molar-refractivity contribution in [3.05, 3.63) is 64.7 Å². The van der Waals surface area contributed by atoms with Crippen molar-refractivity contribution >= 4 is 45.2 Å². The normalized spacial score (nSPS) is 13.8. The molecule has 0 saturated carbocycles. The van der Waals surface area contributed by atoms with Gasteiger partial charge in [-0.2, -0.15) is 0 Å². The Morgan fingerprint density at radius 3 is 2.71 bits per heavy atom. The van der Waals surface area contributed by atoms with Crippen molar-refractivity contribution in [1.29, 1.82) is 0 Å². The predicted octanol–water partition coefficient (Wildman–Crippen LogP) is 3.43. The maximum absolute atomic E-state index is 12.6. The van der Waals surface area contributed by atoms with Crippen molar-refractivity contribution in [3.63, 3.8) is 0 Å². The third-order valence-electron chi connectivity index (χ3n) is 5.60. The molecule has 4 aromatic rings. The van der Waals surface area contributed by atoms with Crippen LogP contribution in [0.15, 0.2) is 47.8 Å². The van der Waals surface area contributed by atoms with Gasteiger partial charge in [0.05, 0.1) is 5.52 Å². The molecular weight excluding hydrogens is 454 g/mol. The van der Waals surface area contributed by atoms with Gasteiger partial charge >= 0.3 is 6.09 Å². The minimum Gasteiger partial charge on any atom is -0.445 e. The Bertz CT molecular complexity index is 1310. The zero-order chi connectivity index (χ0) is 23.5. The van der Waals surface area contributed by atoms with E-state index in [1.165, 1.54) is 16.9 Å². The summed E-state index contributed by atoms with van der Waals surface area (Å²) < 4.78 is 5.45. The van der Waals surface area contributed by atoms with Crippen LogP contribution in [0.2, 0.25) is 0 Å². The van der Waals surface area contributed by atoms with Gasteiger partial charge in [-0.25, -0.2) is 9.78 Å². The maximum Gasteiger partial charge on any atom is 0.410 e. The number of aryl methyl sites for hydroxylation is 1. The van der Waals surface area contributed by atoms with E-state index in [0.29, 0.717) is 43.1 Å². The third kappa shape index (κ3) is 4.84. The number of benzene rings is 2. The van der Waals surface area contributed by atoms with Gasteiger partial charge in [0.15, 0.2) is 5.13 Å². The van der Waals surface area contributed by atoms with Gasteiger partial charge in [0.25, 0.3) is 5.91 Å². The number of nitrogens with zero attached hydrogens (tertiary/aromatic N) is 5. The summed E-state index contributed by atoms with van der Waals surface area (Å²) in [4.78, 5) is 33.3. The molecule has 1 fully saturated rings. The monoisotopic (exact) mass is 477 g/mol. The van der Waals surface area contributed by atoms with Crippen molar-refractivity contribution in [1.82, 2.24) is 25.3 Å². The number of ether oxygens (including phenoxy) is 1. The van der Waals surface area contributed by atoms with Gasteiger partial charge < -0.3 is 19.9 Å². The van der Waals surface area contributed by atoms with Crippen LogP contribution in [0.1, 0.15) is 21.6 Å². The summed E-state index contributed by atoms with van der Waals surface area (Å²) >= 11 is 1.41. The molecular formula is C23H23N7O3S. The molecule has 0 bridgehead atoms. The van der Waals surface area contributed by atoms with Crippen molar-refractivity contribution in [2.24, 2.45) is 0 Å². The van der Waals surface area contributed by atoms with Crippen LogP contribution in [0.3, 0.4) is 0 Å². The van der Waals surface area contributed by atoms with E-state index in [1.54, 1.807) is 22.4 Å². The van der Waals surface area contributed by atoms with Crippen molar-refractivity contribution < 1.29 is 14.3 Å². The molecule has 2 aromatic heterocycles. The lowest BCUT2D eigenvalue weighted by Gasteiger charge is -2.33. The van der Waals surface area contributed by atoms with Crippen LogP contribution in [0.25, 0.3) is 11.0 Å². The summed E-state index contributed by atoms with van der Waals surface area (Å²) in [6.07, 6.45) is -0.316. The first-order chi connectivity index (χ1) is 16.5. The summed E-state index contributed by atoms with van der Waals surface area (Å²) in [5, 5.41) is 15.8. The van der Waals surface area contributed by atoms with Crippen molar-refractivity contribution in [2.75, 3.05) is 36.4 Å². The number of anilines is 2. The van der Waals surface area contributed by atoms with Crippen LogP contribution in [-0.4, -0.2) is 63.5 Å². The van der Waals surface area contributed by atoms with E-state index in [1.807, 2.05) is 37.3 Å². The lowest BCUT2D eigenvalue weighted by atomic mass is 10.2. The number of piperazine rings is 1. The fourth-order valence-electron chi connectivity index (χ4n) is 3.63. The average Bonchev–Trinajstić information content (AvgIpc) is 3.53. The molecule has 0 atom stereocenters. The number of fused-ring (bicyclic) bond motifs is 1. The van der Waals surface area contributed by atoms with E-state index < -0.39 is 0 Å². The summed E-state index contributed by atoms with van der Waals surface area (Å²) in [6, 6.07) is 13.3. The van der Waals surface area contributed by atoms with Gasteiger partial charge in [-0.15, -0.1) is 16.4 Å². The highest BCUT2D eigenvalue weighted by Gasteiger charge is 2.24. The summed E-state index contributed by atoms with van der Waals surface area (Å²) in [7, 11) is 0. The van der Waals surface area contributed by atoms with Gasteiger partial charge in [0.2, 0.25) is 0 Å². The first-order valence-corrected chi connectivity index (χ1v) is 11.7. The summed E-state index contributed by atoms with van der Waals surface area (Å²) in [5.41, 5.74) is 4.58. The molecule has 2 amide bonds. The van der Waals surface area contributed by atoms with E-state index in [-0.39, 0.29) is 18.6 Å². The van der Waals surface area contributed by atoms with Gasteiger partial charge in [-0.05, 0) is 30.7 Å². The number of carbonyl (C=O) groups excluding carboxylic acids is 2. The third-order valence-corrected chi connectivity index (χ3v) is 6.50. The van der Waals surface area contributed by atoms with E-state index >= 15 is 0 Å². The highest BCUT2D eigenvalue weighted by molar-refractivity contribution is 7.14. The first-order valence-electron chi connectivity index (χ1n) is 10.8. The van der Waals surface area contributed by atoms with E-state index in [0.717, 1.165) is 16.2 Å². The Kier molecular flexibility index (Phi) is 6.09. The minimum absolute atomic E-state index is 0.258. The van der Waals surface area contributed by atoms with E-state index in [9.17, 15) is 9.59 Å². The number of amides is 2. The van der Waals surface area contributed by atoms with Crippen LogP contribution in [-0.2, 0) is 11.3 Å². The van der Waals surface area contributed by atoms with Crippen LogP contribution >= 0.6 is 11.3 Å². The Morgan fingerprint density at radius 2 is 1.91 bits per heavy atom. The Morgan fingerprint density at radius 1 is 1.12 bits per heavy atom. The van der Waals surface area contributed by atoms with E-state index in [4.69, 9.17) is 4.74 Å². The molecule has 1 aliphatic heterocycles. The van der Waals surface area contributed by atoms with Crippen molar-refractivity contribution in [3.8, 4) is 0 Å².